The molecule has 1 radical (unpaired) electrons. The summed E-state index contributed by atoms with van der Waals surface area (Å²) < 4.78 is 45.2. The van der Waals surface area contributed by atoms with Crippen molar-refractivity contribution in [3.05, 3.63) is 24.0 Å². The van der Waals surface area contributed by atoms with Gasteiger partial charge in [-0.15, -0.1) is 0 Å². The number of halogens is 1. The van der Waals surface area contributed by atoms with Gasteiger partial charge in [0.25, 0.3) is 0 Å². The molecule has 0 heterocycles. The van der Waals surface area contributed by atoms with Crippen LogP contribution in [0.1, 0.15) is 0 Å². The van der Waals surface area contributed by atoms with Crippen molar-refractivity contribution in [2.75, 3.05) is 24.6 Å². The first-order valence-corrected chi connectivity index (χ1v) is 8.10. The lowest BCUT2D eigenvalue weighted by Crippen LogP contribution is -2.30. The molecule has 0 aliphatic heterocycles. The summed E-state index contributed by atoms with van der Waals surface area (Å²) >= 11 is 5.64. The second-order valence-electron chi connectivity index (χ2n) is 2.98. The zero-order valence-electron chi connectivity index (χ0n) is 8.67. The van der Waals surface area contributed by atoms with Gasteiger partial charge in [0.15, 0.2) is 32.8 Å². The molecule has 8 heteroatoms. The Balaban J connectivity index is 4.07. The molecule has 0 aliphatic rings. The summed E-state index contributed by atoms with van der Waals surface area (Å²) in [6, 6.07) is 0. The maximum atomic E-state index is 11.0. The molecule has 0 amide bonds. The molecule has 0 atom stereocenters. The van der Waals surface area contributed by atoms with E-state index in [4.69, 9.17) is 11.8 Å². The van der Waals surface area contributed by atoms with Gasteiger partial charge in [0, 0.05) is 10.8 Å². The third-order valence-corrected chi connectivity index (χ3v) is 4.60. The number of sulfone groups is 2. The second kappa shape index (κ2) is 6.39. The minimum Gasteiger partial charge on any atom is -0.224 e. The lowest BCUT2D eigenvalue weighted by Gasteiger charge is -2.01. The molecule has 16 heavy (non-hydrogen) atoms. The van der Waals surface area contributed by atoms with Crippen LogP contribution < -0.4 is 4.42 Å². The summed E-state index contributed by atoms with van der Waals surface area (Å²) in [7, 11) is -6.61. The summed E-state index contributed by atoms with van der Waals surface area (Å²) in [4.78, 5) is 0. The van der Waals surface area contributed by atoms with Crippen molar-refractivity contribution in [3.63, 3.8) is 0 Å². The number of rotatable bonds is 8. The maximum absolute atomic E-state index is 11.0. The summed E-state index contributed by atoms with van der Waals surface area (Å²) in [5.74, 6) is -0.373. The van der Waals surface area contributed by atoms with Gasteiger partial charge < -0.3 is 0 Å². The summed E-state index contributed by atoms with van der Waals surface area (Å²) in [6.07, 6.45) is 0. The molecular formula is C8H14ClNO4S2+. The van der Waals surface area contributed by atoms with Gasteiger partial charge in [-0.1, -0.05) is 17.6 Å². The molecule has 0 rings (SSSR count). The lowest BCUT2D eigenvalue weighted by atomic mass is 10.6. The van der Waals surface area contributed by atoms with Crippen molar-refractivity contribution in [2.45, 2.75) is 0 Å². The van der Waals surface area contributed by atoms with E-state index in [1.54, 1.807) is 0 Å². The first-order valence-electron chi connectivity index (χ1n) is 4.33. The quantitative estimate of drug-likeness (QED) is 0.606. The highest BCUT2D eigenvalue weighted by molar-refractivity contribution is 7.94. The molecule has 0 aromatic carbocycles. The first kappa shape index (κ1) is 15.6. The summed E-state index contributed by atoms with van der Waals surface area (Å²) in [5, 5.41) is 1.69. The number of hydrogen-bond acceptors (Lipinski definition) is 5. The van der Waals surface area contributed by atoms with Gasteiger partial charge in [0.2, 0.25) is 11.8 Å². The Morgan fingerprint density at radius 3 is 1.50 bits per heavy atom. The third kappa shape index (κ3) is 7.00. The Labute approximate surface area is 101 Å². The molecule has 0 saturated heterocycles. The van der Waals surface area contributed by atoms with Crippen molar-refractivity contribution in [1.29, 1.82) is 0 Å². The van der Waals surface area contributed by atoms with Crippen LogP contribution in [0.3, 0.4) is 0 Å². The third-order valence-electron chi connectivity index (χ3n) is 1.74. The smallest absolute Gasteiger partial charge is 0.224 e. The summed E-state index contributed by atoms with van der Waals surface area (Å²) in [5.41, 5.74) is 0. The van der Waals surface area contributed by atoms with Crippen LogP contribution in [0.5, 0.6) is 0 Å². The van der Waals surface area contributed by atoms with Crippen LogP contribution >= 0.6 is 11.8 Å². The predicted molar refractivity (Wildman–Crippen MR) is 65.7 cm³/mol. The zero-order valence-corrected chi connectivity index (χ0v) is 11.1. The monoisotopic (exact) mass is 287 g/mol. The number of hydrogen-bond donors (Lipinski definition) is 0. The van der Waals surface area contributed by atoms with Crippen LogP contribution in [-0.4, -0.2) is 41.4 Å². The van der Waals surface area contributed by atoms with E-state index in [1.807, 2.05) is 0 Å². The highest BCUT2D eigenvalue weighted by atomic mass is 35.5. The highest BCUT2D eigenvalue weighted by Gasteiger charge is 2.19. The zero-order chi connectivity index (χ0) is 12.8. The fourth-order valence-corrected chi connectivity index (χ4v) is 2.38. The molecule has 0 spiro atoms. The van der Waals surface area contributed by atoms with E-state index in [0.717, 1.165) is 15.2 Å². The SMILES string of the molecule is C=CS(=O)(=O)CC[N+](Cl)CCS(=O)(=O)C=C. The molecule has 0 aromatic heterocycles. The highest BCUT2D eigenvalue weighted by Crippen LogP contribution is 1.98. The molecule has 0 fully saturated rings. The molecule has 0 bridgehead atoms. The van der Waals surface area contributed by atoms with Crippen LogP contribution in [0.15, 0.2) is 24.0 Å². The van der Waals surface area contributed by atoms with E-state index in [-0.39, 0.29) is 24.6 Å². The Hall–Kier alpha value is -0.370. The average molecular weight is 288 g/mol. The van der Waals surface area contributed by atoms with E-state index in [1.165, 1.54) is 0 Å². The number of nitrogens with zero attached hydrogens (tertiary/aromatic N) is 1. The molecule has 0 aromatic rings. The molecule has 0 unspecified atom stereocenters. The Bertz CT molecular complexity index is 399. The Morgan fingerprint density at radius 1 is 0.938 bits per heavy atom. The van der Waals surface area contributed by atoms with Gasteiger partial charge >= 0.3 is 0 Å². The van der Waals surface area contributed by atoms with Gasteiger partial charge in [-0.3, -0.25) is 0 Å². The van der Waals surface area contributed by atoms with Crippen LogP contribution in [0.25, 0.3) is 0 Å². The van der Waals surface area contributed by atoms with Crippen molar-refractivity contribution in [2.24, 2.45) is 0 Å². The molecule has 0 aliphatic carbocycles. The van der Waals surface area contributed by atoms with Crippen molar-refractivity contribution in [3.8, 4) is 0 Å². The van der Waals surface area contributed by atoms with Gasteiger partial charge in [0.1, 0.15) is 11.5 Å². The molecule has 0 N–H and O–H groups in total. The Kier molecular flexibility index (Phi) is 6.24. The average Bonchev–Trinajstić information content (AvgIpc) is 2.24. The molecule has 5 nitrogen and oxygen atoms in total. The van der Waals surface area contributed by atoms with Gasteiger partial charge in [0.05, 0.1) is 0 Å². The summed E-state index contributed by atoms with van der Waals surface area (Å²) in [6.45, 7) is 6.39. The van der Waals surface area contributed by atoms with E-state index in [2.05, 4.69) is 13.2 Å². The fraction of sp³-hybridized carbons (Fsp3) is 0.500. The van der Waals surface area contributed by atoms with Crippen LogP contribution in [-0.2, 0) is 19.7 Å². The first-order chi connectivity index (χ1) is 7.22. The fourth-order valence-electron chi connectivity index (χ4n) is 0.731. The minimum atomic E-state index is -3.31. The maximum Gasteiger partial charge on any atom is 0.225 e. The van der Waals surface area contributed by atoms with E-state index in [0.29, 0.717) is 0 Å². The van der Waals surface area contributed by atoms with Crippen molar-refractivity contribution >= 4 is 31.5 Å². The Morgan fingerprint density at radius 2 is 1.25 bits per heavy atom. The lowest BCUT2D eigenvalue weighted by molar-refractivity contribution is 0.584. The van der Waals surface area contributed by atoms with Crippen LogP contribution in [0.2, 0.25) is 0 Å². The van der Waals surface area contributed by atoms with Crippen LogP contribution in [0, 0.1) is 0 Å². The van der Waals surface area contributed by atoms with E-state index in [9.17, 15) is 16.8 Å². The molecular weight excluding hydrogens is 274 g/mol. The second-order valence-corrected chi connectivity index (χ2v) is 7.59. The molecule has 0 saturated carbocycles. The minimum absolute atomic E-state index is 0.0442. The van der Waals surface area contributed by atoms with E-state index < -0.39 is 19.7 Å². The topological polar surface area (TPSA) is 74.2 Å². The van der Waals surface area contributed by atoms with Gasteiger partial charge in [-0.25, -0.2) is 16.8 Å². The normalized spacial score (nSPS) is 12.6. The van der Waals surface area contributed by atoms with Gasteiger partial charge in [-0.2, -0.15) is 0 Å². The predicted octanol–water partition coefficient (Wildman–Crippen LogP) is 0.397. The van der Waals surface area contributed by atoms with Gasteiger partial charge in [-0.05, 0) is 0 Å². The largest absolute Gasteiger partial charge is 0.225 e. The standard InChI is InChI=1S/C8H14ClNO4S2/c1-3-15(11,12)7-5-10(9)6-8-16(13,14)4-2/h3-4H,1-2,5-8H2/q+1. The molecule has 93 valence electrons. The van der Waals surface area contributed by atoms with Crippen LogP contribution in [0.4, 0.5) is 0 Å². The van der Waals surface area contributed by atoms with Crippen molar-refractivity contribution < 1.29 is 16.8 Å². The van der Waals surface area contributed by atoms with E-state index >= 15 is 0 Å². The van der Waals surface area contributed by atoms with Crippen molar-refractivity contribution in [1.82, 2.24) is 4.42 Å².